The van der Waals surface area contributed by atoms with Gasteiger partial charge in [-0.2, -0.15) is 0 Å². The van der Waals surface area contributed by atoms with E-state index < -0.39 is 0 Å². The molecule has 3 aliphatic rings. The summed E-state index contributed by atoms with van der Waals surface area (Å²) in [6.45, 7) is 0. The SMILES string of the molecule is COC1=C[C@@]23CC[C@@H](C2)C(=O)C=C3C=C1. The first-order valence-electron chi connectivity index (χ1n) is 5.44. The molecule has 2 heteroatoms. The molecule has 2 bridgehead atoms. The van der Waals surface area contributed by atoms with Crippen LogP contribution in [0.2, 0.25) is 0 Å². The second-order valence-electron chi connectivity index (χ2n) is 4.68. The quantitative estimate of drug-likeness (QED) is 0.652. The minimum absolute atomic E-state index is 0.110. The van der Waals surface area contributed by atoms with Gasteiger partial charge in [0.1, 0.15) is 5.76 Å². The molecule has 1 spiro atoms. The third kappa shape index (κ3) is 1.14. The Kier molecular flexibility index (Phi) is 1.70. The lowest BCUT2D eigenvalue weighted by Gasteiger charge is -2.33. The molecule has 0 saturated heterocycles. The van der Waals surface area contributed by atoms with E-state index >= 15 is 0 Å². The molecule has 0 aliphatic heterocycles. The Labute approximate surface area is 89.3 Å². The summed E-state index contributed by atoms with van der Waals surface area (Å²) < 4.78 is 5.27. The predicted octanol–water partition coefficient (Wildman–Crippen LogP) is 2.38. The van der Waals surface area contributed by atoms with E-state index in [0.717, 1.165) is 25.0 Å². The number of hydrogen-bond acceptors (Lipinski definition) is 2. The van der Waals surface area contributed by atoms with Crippen molar-refractivity contribution in [1.29, 1.82) is 0 Å². The van der Waals surface area contributed by atoms with E-state index in [2.05, 4.69) is 6.08 Å². The van der Waals surface area contributed by atoms with Crippen LogP contribution in [0.1, 0.15) is 19.3 Å². The van der Waals surface area contributed by atoms with Gasteiger partial charge >= 0.3 is 0 Å². The van der Waals surface area contributed by atoms with Crippen molar-refractivity contribution in [2.45, 2.75) is 19.3 Å². The lowest BCUT2D eigenvalue weighted by molar-refractivity contribution is -0.118. The zero-order valence-electron chi connectivity index (χ0n) is 8.82. The maximum absolute atomic E-state index is 11.7. The highest BCUT2D eigenvalue weighted by molar-refractivity contribution is 5.95. The topological polar surface area (TPSA) is 26.3 Å². The molecule has 2 nitrogen and oxygen atoms in total. The van der Waals surface area contributed by atoms with Gasteiger partial charge in [-0.1, -0.05) is 6.08 Å². The van der Waals surface area contributed by atoms with Crippen molar-refractivity contribution in [2.75, 3.05) is 7.11 Å². The van der Waals surface area contributed by atoms with Gasteiger partial charge < -0.3 is 4.74 Å². The Balaban J connectivity index is 2.10. The van der Waals surface area contributed by atoms with Crippen LogP contribution in [-0.4, -0.2) is 12.9 Å². The van der Waals surface area contributed by atoms with E-state index in [4.69, 9.17) is 4.74 Å². The molecule has 0 amide bonds. The molecule has 15 heavy (non-hydrogen) atoms. The maximum Gasteiger partial charge on any atom is 0.159 e. The smallest absolute Gasteiger partial charge is 0.159 e. The summed E-state index contributed by atoms with van der Waals surface area (Å²) in [6, 6.07) is 0. The second-order valence-corrected chi connectivity index (χ2v) is 4.68. The van der Waals surface area contributed by atoms with Gasteiger partial charge in [0.25, 0.3) is 0 Å². The molecule has 0 heterocycles. The van der Waals surface area contributed by atoms with Crippen LogP contribution in [0.5, 0.6) is 0 Å². The van der Waals surface area contributed by atoms with Crippen molar-refractivity contribution in [1.82, 2.24) is 0 Å². The van der Waals surface area contributed by atoms with Crippen molar-refractivity contribution >= 4 is 5.78 Å². The molecular formula is C13H14O2. The Bertz CT molecular complexity index is 414. The Hall–Kier alpha value is -1.31. The summed E-state index contributed by atoms with van der Waals surface area (Å²) in [5.74, 6) is 1.51. The van der Waals surface area contributed by atoms with E-state index in [-0.39, 0.29) is 11.3 Å². The van der Waals surface area contributed by atoms with Gasteiger partial charge in [0.2, 0.25) is 0 Å². The third-order valence-electron chi connectivity index (χ3n) is 3.91. The first-order valence-corrected chi connectivity index (χ1v) is 5.44. The van der Waals surface area contributed by atoms with E-state index in [1.165, 1.54) is 5.57 Å². The van der Waals surface area contributed by atoms with E-state index in [1.807, 2.05) is 18.2 Å². The van der Waals surface area contributed by atoms with Gasteiger partial charge in [-0.05, 0) is 43.1 Å². The highest BCUT2D eigenvalue weighted by Crippen LogP contribution is 2.54. The number of carbonyl (C=O) groups excluding carboxylic acids is 1. The van der Waals surface area contributed by atoms with Crippen LogP contribution in [0, 0.1) is 11.3 Å². The molecule has 0 radical (unpaired) electrons. The average molecular weight is 202 g/mol. The van der Waals surface area contributed by atoms with Gasteiger partial charge in [-0.3, -0.25) is 4.79 Å². The Morgan fingerprint density at radius 1 is 1.47 bits per heavy atom. The Morgan fingerprint density at radius 2 is 2.33 bits per heavy atom. The third-order valence-corrected chi connectivity index (χ3v) is 3.91. The molecule has 0 aromatic rings. The van der Waals surface area contributed by atoms with Gasteiger partial charge in [0.15, 0.2) is 5.78 Å². The summed E-state index contributed by atoms with van der Waals surface area (Å²) in [5.41, 5.74) is 1.29. The zero-order valence-corrected chi connectivity index (χ0v) is 8.82. The van der Waals surface area contributed by atoms with Crippen LogP contribution in [0.3, 0.4) is 0 Å². The molecule has 0 unspecified atom stereocenters. The standard InChI is InChI=1S/C13H14O2/c1-15-11-3-2-10-6-12(14)9-4-5-13(10,7-9)8-11/h2-3,6,8-9H,4-5,7H2,1H3/t9-,13+/m0/s1. The predicted molar refractivity (Wildman–Crippen MR) is 57.1 cm³/mol. The molecule has 0 N–H and O–H groups in total. The molecule has 1 fully saturated rings. The molecular weight excluding hydrogens is 188 g/mol. The summed E-state index contributed by atoms with van der Waals surface area (Å²) in [7, 11) is 1.70. The van der Waals surface area contributed by atoms with Crippen molar-refractivity contribution in [3.8, 4) is 0 Å². The van der Waals surface area contributed by atoms with Crippen LogP contribution in [-0.2, 0) is 9.53 Å². The fraction of sp³-hybridized carbons (Fsp3) is 0.462. The molecule has 0 aromatic heterocycles. The molecule has 1 saturated carbocycles. The van der Waals surface area contributed by atoms with E-state index in [9.17, 15) is 4.79 Å². The number of allylic oxidation sites excluding steroid dienone is 5. The summed E-state index contributed by atoms with van der Waals surface area (Å²) in [5, 5.41) is 0. The lowest BCUT2D eigenvalue weighted by Crippen LogP contribution is -2.26. The van der Waals surface area contributed by atoms with Gasteiger partial charge in [0.05, 0.1) is 7.11 Å². The first kappa shape index (κ1) is 8.96. The van der Waals surface area contributed by atoms with Crippen LogP contribution >= 0.6 is 0 Å². The van der Waals surface area contributed by atoms with Gasteiger partial charge in [-0.25, -0.2) is 0 Å². The fourth-order valence-electron chi connectivity index (χ4n) is 3.04. The van der Waals surface area contributed by atoms with Gasteiger partial charge in [0, 0.05) is 11.3 Å². The summed E-state index contributed by atoms with van der Waals surface area (Å²) >= 11 is 0. The van der Waals surface area contributed by atoms with Crippen molar-refractivity contribution in [2.24, 2.45) is 11.3 Å². The van der Waals surface area contributed by atoms with Crippen LogP contribution in [0.15, 0.2) is 35.6 Å². The average Bonchev–Trinajstić information content (AvgIpc) is 2.61. The minimum Gasteiger partial charge on any atom is -0.497 e. The van der Waals surface area contributed by atoms with Crippen LogP contribution in [0.4, 0.5) is 0 Å². The number of carbonyl (C=O) groups is 1. The van der Waals surface area contributed by atoms with Crippen molar-refractivity contribution < 1.29 is 9.53 Å². The number of ether oxygens (including phenoxy) is 1. The number of rotatable bonds is 1. The van der Waals surface area contributed by atoms with E-state index in [1.54, 1.807) is 7.11 Å². The maximum atomic E-state index is 11.7. The summed E-state index contributed by atoms with van der Waals surface area (Å²) in [4.78, 5) is 11.7. The molecule has 3 aliphatic carbocycles. The number of hydrogen-bond donors (Lipinski definition) is 0. The minimum atomic E-state index is 0.110. The van der Waals surface area contributed by atoms with Crippen molar-refractivity contribution in [3.63, 3.8) is 0 Å². The highest BCUT2D eigenvalue weighted by atomic mass is 16.5. The molecule has 78 valence electrons. The molecule has 3 rings (SSSR count). The number of ketones is 1. The number of fused-ring (bicyclic) bond motifs is 1. The second kappa shape index (κ2) is 2.84. The lowest BCUT2D eigenvalue weighted by atomic mass is 9.71. The van der Waals surface area contributed by atoms with Gasteiger partial charge in [-0.15, -0.1) is 0 Å². The summed E-state index contributed by atoms with van der Waals surface area (Å²) in [6.07, 6.45) is 11.1. The monoisotopic (exact) mass is 202 g/mol. The zero-order chi connectivity index (χ0) is 10.5. The van der Waals surface area contributed by atoms with E-state index in [0.29, 0.717) is 5.78 Å². The Morgan fingerprint density at radius 3 is 3.13 bits per heavy atom. The largest absolute Gasteiger partial charge is 0.497 e. The van der Waals surface area contributed by atoms with Crippen LogP contribution < -0.4 is 0 Å². The number of methoxy groups -OCH3 is 1. The van der Waals surface area contributed by atoms with Crippen LogP contribution in [0.25, 0.3) is 0 Å². The van der Waals surface area contributed by atoms with Crippen molar-refractivity contribution in [3.05, 3.63) is 35.6 Å². The first-order chi connectivity index (χ1) is 7.23. The molecule has 0 aromatic carbocycles. The fourth-order valence-corrected chi connectivity index (χ4v) is 3.04. The highest BCUT2D eigenvalue weighted by Gasteiger charge is 2.46. The molecule has 2 atom stereocenters. The normalized spacial score (nSPS) is 37.1.